The van der Waals surface area contributed by atoms with Crippen LogP contribution in [0.4, 0.5) is 5.69 Å². The summed E-state index contributed by atoms with van der Waals surface area (Å²) in [6.07, 6.45) is 1.82. The molecule has 0 atom stereocenters. The van der Waals surface area contributed by atoms with Gasteiger partial charge in [0, 0.05) is 56.1 Å². The predicted molar refractivity (Wildman–Crippen MR) is 84.8 cm³/mol. The predicted octanol–water partition coefficient (Wildman–Crippen LogP) is 2.56. The highest BCUT2D eigenvalue weighted by Crippen LogP contribution is 2.26. The molecule has 0 amide bonds. The molecule has 0 aliphatic heterocycles. The first-order chi connectivity index (χ1) is 9.72. The summed E-state index contributed by atoms with van der Waals surface area (Å²) in [5.41, 5.74) is 2.09. The molecule has 1 heterocycles. The van der Waals surface area contributed by atoms with Crippen LogP contribution in [-0.2, 0) is 4.74 Å². The van der Waals surface area contributed by atoms with E-state index >= 15 is 0 Å². The molecular formula is C15H20ClN3O. The van der Waals surface area contributed by atoms with E-state index in [0.717, 1.165) is 37.1 Å². The Morgan fingerprint density at radius 3 is 2.95 bits per heavy atom. The van der Waals surface area contributed by atoms with Crippen molar-refractivity contribution in [1.82, 2.24) is 10.3 Å². The molecule has 1 aromatic carbocycles. The van der Waals surface area contributed by atoms with Gasteiger partial charge in [-0.3, -0.25) is 4.98 Å². The highest BCUT2D eigenvalue weighted by molar-refractivity contribution is 6.31. The van der Waals surface area contributed by atoms with Crippen LogP contribution in [0.2, 0.25) is 5.02 Å². The van der Waals surface area contributed by atoms with Gasteiger partial charge >= 0.3 is 0 Å². The Kier molecular flexibility index (Phi) is 5.59. The number of likely N-dealkylation sites (N-methyl/N-ethyl adjacent to an activating group) is 1. The number of halogens is 1. The average molecular weight is 294 g/mol. The van der Waals surface area contributed by atoms with Gasteiger partial charge in [-0.25, -0.2) is 0 Å². The van der Waals surface area contributed by atoms with E-state index in [1.807, 2.05) is 30.5 Å². The van der Waals surface area contributed by atoms with E-state index in [1.54, 1.807) is 7.11 Å². The maximum Gasteiger partial charge on any atom is 0.0737 e. The summed E-state index contributed by atoms with van der Waals surface area (Å²) in [6.45, 7) is 3.44. The first-order valence-corrected chi connectivity index (χ1v) is 7.05. The van der Waals surface area contributed by atoms with Gasteiger partial charge in [-0.05, 0) is 24.3 Å². The first-order valence-electron chi connectivity index (χ1n) is 6.67. The summed E-state index contributed by atoms with van der Waals surface area (Å²) in [7, 11) is 3.80. The topological polar surface area (TPSA) is 37.4 Å². The maximum absolute atomic E-state index is 6.01. The Balaban J connectivity index is 2.04. The second-order valence-corrected chi connectivity index (χ2v) is 5.09. The van der Waals surface area contributed by atoms with Gasteiger partial charge < -0.3 is 15.0 Å². The number of anilines is 1. The minimum absolute atomic E-state index is 0.714. The fraction of sp³-hybridized carbons (Fsp3) is 0.400. The highest BCUT2D eigenvalue weighted by atomic mass is 35.5. The van der Waals surface area contributed by atoms with Crippen molar-refractivity contribution in [2.75, 3.05) is 45.3 Å². The molecular weight excluding hydrogens is 274 g/mol. The summed E-state index contributed by atoms with van der Waals surface area (Å²) in [6, 6.07) is 7.85. The number of aromatic nitrogens is 1. The van der Waals surface area contributed by atoms with E-state index in [9.17, 15) is 0 Å². The molecule has 2 aromatic rings. The molecule has 0 spiro atoms. The summed E-state index contributed by atoms with van der Waals surface area (Å²) >= 11 is 6.01. The summed E-state index contributed by atoms with van der Waals surface area (Å²) < 4.78 is 5.01. The number of fused-ring (bicyclic) bond motifs is 1. The van der Waals surface area contributed by atoms with Crippen molar-refractivity contribution >= 4 is 28.2 Å². The second kappa shape index (κ2) is 7.43. The lowest BCUT2D eigenvalue weighted by atomic mass is 10.2. The third kappa shape index (κ3) is 3.82. The highest BCUT2D eigenvalue weighted by Gasteiger charge is 2.06. The maximum atomic E-state index is 6.01. The molecule has 108 valence electrons. The van der Waals surface area contributed by atoms with E-state index in [4.69, 9.17) is 16.3 Å². The first kappa shape index (κ1) is 15.0. The quantitative estimate of drug-likeness (QED) is 0.796. The SMILES string of the molecule is COCCNCCN(C)c1ccnc2cc(Cl)ccc12. The number of nitrogens with one attached hydrogen (secondary N) is 1. The van der Waals surface area contributed by atoms with E-state index in [2.05, 4.69) is 22.2 Å². The number of benzene rings is 1. The number of methoxy groups -OCH3 is 1. The molecule has 0 unspecified atom stereocenters. The van der Waals surface area contributed by atoms with E-state index in [1.165, 1.54) is 5.69 Å². The standard InChI is InChI=1S/C15H20ClN3O/c1-19(9-7-17-8-10-20-2)15-5-6-18-14-11-12(16)3-4-13(14)15/h3-6,11,17H,7-10H2,1-2H3. The number of hydrogen-bond acceptors (Lipinski definition) is 4. The molecule has 20 heavy (non-hydrogen) atoms. The molecule has 0 aliphatic carbocycles. The van der Waals surface area contributed by atoms with Crippen molar-refractivity contribution in [2.24, 2.45) is 0 Å². The molecule has 0 bridgehead atoms. The molecule has 0 saturated carbocycles. The van der Waals surface area contributed by atoms with Crippen LogP contribution in [0.1, 0.15) is 0 Å². The van der Waals surface area contributed by atoms with Gasteiger partial charge in [0.05, 0.1) is 12.1 Å². The Hall–Kier alpha value is -1.36. The smallest absolute Gasteiger partial charge is 0.0737 e. The van der Waals surface area contributed by atoms with Crippen molar-refractivity contribution in [3.8, 4) is 0 Å². The van der Waals surface area contributed by atoms with Crippen molar-refractivity contribution in [3.63, 3.8) is 0 Å². The summed E-state index contributed by atoms with van der Waals surface area (Å²) in [5.74, 6) is 0. The zero-order valence-electron chi connectivity index (χ0n) is 11.9. The van der Waals surface area contributed by atoms with Crippen LogP contribution >= 0.6 is 11.6 Å². The van der Waals surface area contributed by atoms with Crippen LogP contribution in [0.5, 0.6) is 0 Å². The van der Waals surface area contributed by atoms with E-state index in [-0.39, 0.29) is 0 Å². The zero-order valence-corrected chi connectivity index (χ0v) is 12.7. The number of hydrogen-bond donors (Lipinski definition) is 1. The fourth-order valence-electron chi connectivity index (χ4n) is 2.11. The lowest BCUT2D eigenvalue weighted by Crippen LogP contribution is -2.31. The largest absolute Gasteiger partial charge is 0.383 e. The lowest BCUT2D eigenvalue weighted by Gasteiger charge is -2.21. The second-order valence-electron chi connectivity index (χ2n) is 4.66. The van der Waals surface area contributed by atoms with Crippen molar-refractivity contribution in [2.45, 2.75) is 0 Å². The van der Waals surface area contributed by atoms with Gasteiger partial charge in [0.2, 0.25) is 0 Å². The minimum Gasteiger partial charge on any atom is -0.383 e. The number of ether oxygens (including phenoxy) is 1. The normalized spacial score (nSPS) is 10.9. The lowest BCUT2D eigenvalue weighted by molar-refractivity contribution is 0.200. The molecule has 0 aliphatic rings. The van der Waals surface area contributed by atoms with Crippen LogP contribution in [0, 0.1) is 0 Å². The molecule has 2 rings (SSSR count). The van der Waals surface area contributed by atoms with Crippen LogP contribution in [0.3, 0.4) is 0 Å². The van der Waals surface area contributed by atoms with Gasteiger partial charge in [0.15, 0.2) is 0 Å². The number of nitrogens with zero attached hydrogens (tertiary/aromatic N) is 2. The molecule has 0 fully saturated rings. The van der Waals surface area contributed by atoms with Gasteiger partial charge in [-0.1, -0.05) is 11.6 Å². The van der Waals surface area contributed by atoms with Crippen LogP contribution < -0.4 is 10.2 Å². The van der Waals surface area contributed by atoms with Gasteiger partial charge in [-0.15, -0.1) is 0 Å². The molecule has 0 saturated heterocycles. The van der Waals surface area contributed by atoms with Gasteiger partial charge in [0.25, 0.3) is 0 Å². The zero-order chi connectivity index (χ0) is 14.4. The van der Waals surface area contributed by atoms with Gasteiger partial charge in [-0.2, -0.15) is 0 Å². The van der Waals surface area contributed by atoms with Crippen molar-refractivity contribution in [1.29, 1.82) is 0 Å². The summed E-state index contributed by atoms with van der Waals surface area (Å²) in [4.78, 5) is 6.58. The monoisotopic (exact) mass is 293 g/mol. The van der Waals surface area contributed by atoms with E-state index in [0.29, 0.717) is 5.02 Å². The number of rotatable bonds is 7. The average Bonchev–Trinajstić information content (AvgIpc) is 2.46. The fourth-order valence-corrected chi connectivity index (χ4v) is 2.27. The Bertz CT molecular complexity index is 562. The van der Waals surface area contributed by atoms with Crippen molar-refractivity contribution < 1.29 is 4.74 Å². The molecule has 0 radical (unpaired) electrons. The summed E-state index contributed by atoms with van der Waals surface area (Å²) in [5, 5.41) is 5.18. The molecule has 1 N–H and O–H groups in total. The Morgan fingerprint density at radius 2 is 2.15 bits per heavy atom. The number of pyridine rings is 1. The van der Waals surface area contributed by atoms with Gasteiger partial charge in [0.1, 0.15) is 0 Å². The van der Waals surface area contributed by atoms with Crippen LogP contribution in [-0.4, -0.2) is 45.4 Å². The molecule has 5 heteroatoms. The molecule has 4 nitrogen and oxygen atoms in total. The third-order valence-electron chi connectivity index (χ3n) is 3.20. The van der Waals surface area contributed by atoms with Crippen LogP contribution in [0.15, 0.2) is 30.5 Å². The van der Waals surface area contributed by atoms with Crippen LogP contribution in [0.25, 0.3) is 10.9 Å². The van der Waals surface area contributed by atoms with Crippen molar-refractivity contribution in [3.05, 3.63) is 35.5 Å². The Labute approximate surface area is 124 Å². The minimum atomic E-state index is 0.714. The Morgan fingerprint density at radius 1 is 1.30 bits per heavy atom. The molecule has 1 aromatic heterocycles. The van der Waals surface area contributed by atoms with E-state index < -0.39 is 0 Å². The third-order valence-corrected chi connectivity index (χ3v) is 3.44.